The maximum absolute atomic E-state index is 12.1. The van der Waals surface area contributed by atoms with Crippen molar-refractivity contribution in [3.05, 3.63) is 11.4 Å². The molecule has 0 unspecified atom stereocenters. The van der Waals surface area contributed by atoms with E-state index in [0.29, 0.717) is 16.8 Å². The van der Waals surface area contributed by atoms with Gasteiger partial charge in [-0.25, -0.2) is 0 Å². The number of H-pyrrole nitrogens is 1. The quantitative estimate of drug-likeness (QED) is 0.731. The largest absolute Gasteiger partial charge is 0.395 e. The van der Waals surface area contributed by atoms with Gasteiger partial charge in [-0.05, 0) is 43.4 Å². The maximum atomic E-state index is 12.1. The number of carbonyl (C=O) groups is 1. The third-order valence-corrected chi connectivity index (χ3v) is 4.53. The fraction of sp³-hybridized carbons (Fsp3) is 0.714. The van der Waals surface area contributed by atoms with Gasteiger partial charge in [0, 0.05) is 6.54 Å². The zero-order valence-electron chi connectivity index (χ0n) is 11.5. The summed E-state index contributed by atoms with van der Waals surface area (Å²) < 4.78 is 0. The zero-order valence-corrected chi connectivity index (χ0v) is 11.5. The number of carbonyl (C=O) groups excluding carboxylic acids is 1. The molecule has 1 aromatic rings. The van der Waals surface area contributed by atoms with Crippen molar-refractivity contribution in [3.8, 4) is 0 Å². The number of aryl methyl sites for hydroxylation is 1. The van der Waals surface area contributed by atoms with Crippen molar-refractivity contribution in [1.82, 2.24) is 15.5 Å². The molecule has 19 heavy (non-hydrogen) atoms. The van der Waals surface area contributed by atoms with Gasteiger partial charge in [0.25, 0.3) is 5.91 Å². The zero-order chi connectivity index (χ0) is 13.5. The van der Waals surface area contributed by atoms with E-state index >= 15 is 0 Å². The van der Waals surface area contributed by atoms with Crippen molar-refractivity contribution in [2.45, 2.75) is 45.4 Å². The molecule has 1 heterocycles. The number of nitrogens with two attached hydrogens (primary N) is 1. The highest BCUT2D eigenvalue weighted by Crippen LogP contribution is 2.60. The number of amides is 1. The van der Waals surface area contributed by atoms with E-state index in [1.165, 1.54) is 25.7 Å². The monoisotopic (exact) mass is 262 g/mol. The molecule has 2 aliphatic carbocycles. The average molecular weight is 262 g/mol. The van der Waals surface area contributed by atoms with Gasteiger partial charge in [-0.3, -0.25) is 9.89 Å². The van der Waals surface area contributed by atoms with Crippen LogP contribution in [0.5, 0.6) is 0 Å². The smallest absolute Gasteiger partial charge is 0.273 e. The van der Waals surface area contributed by atoms with E-state index in [2.05, 4.69) is 22.4 Å². The minimum absolute atomic E-state index is 0.136. The van der Waals surface area contributed by atoms with Crippen molar-refractivity contribution in [2.24, 2.45) is 11.3 Å². The Morgan fingerprint density at radius 3 is 2.84 bits per heavy atom. The number of nitrogen functional groups attached to an aromatic ring is 1. The topological polar surface area (TPSA) is 83.8 Å². The summed E-state index contributed by atoms with van der Waals surface area (Å²) in [6.07, 6.45) is 7.00. The molecule has 2 aliphatic rings. The van der Waals surface area contributed by atoms with E-state index in [9.17, 15) is 4.79 Å². The number of nitrogens with zero attached hydrogens (tertiary/aromatic N) is 1. The minimum atomic E-state index is -0.136. The molecule has 0 bridgehead atoms. The van der Waals surface area contributed by atoms with E-state index in [0.717, 1.165) is 31.0 Å². The standard InChI is InChI=1S/C14H22N4O/c1-2-3-10-11(15)12(18-17-10)13(19)16-8-14(6-7-14)9-4-5-9/h9H,2-8,15H2,1H3,(H,16,19)(H,17,18). The van der Waals surface area contributed by atoms with Gasteiger partial charge in [0.1, 0.15) is 0 Å². The number of hydrogen-bond acceptors (Lipinski definition) is 3. The molecule has 0 aliphatic heterocycles. The number of nitrogens with one attached hydrogen (secondary N) is 2. The summed E-state index contributed by atoms with van der Waals surface area (Å²) in [6.45, 7) is 2.86. The molecule has 0 spiro atoms. The minimum Gasteiger partial charge on any atom is -0.395 e. The van der Waals surface area contributed by atoms with Crippen molar-refractivity contribution < 1.29 is 4.79 Å². The lowest BCUT2D eigenvalue weighted by molar-refractivity contribution is 0.0938. The number of anilines is 1. The van der Waals surface area contributed by atoms with E-state index in [1.807, 2.05) is 0 Å². The van der Waals surface area contributed by atoms with Crippen LogP contribution in [0.1, 0.15) is 55.2 Å². The second kappa shape index (κ2) is 4.54. The fourth-order valence-corrected chi connectivity index (χ4v) is 2.93. The Kier molecular flexibility index (Phi) is 2.99. The Morgan fingerprint density at radius 1 is 1.53 bits per heavy atom. The first-order chi connectivity index (χ1) is 9.16. The predicted octanol–water partition coefficient (Wildman–Crippen LogP) is 1.86. The highest BCUT2D eigenvalue weighted by atomic mass is 16.1. The summed E-state index contributed by atoms with van der Waals surface area (Å²) in [5.41, 5.74) is 8.11. The number of aromatic nitrogens is 2. The molecule has 1 aromatic heterocycles. The Balaban J connectivity index is 1.60. The SMILES string of the molecule is CCCc1[nH]nc(C(=O)NCC2(C3CC3)CC2)c1N. The fourth-order valence-electron chi connectivity index (χ4n) is 2.93. The highest BCUT2D eigenvalue weighted by molar-refractivity contribution is 5.97. The molecule has 5 heteroatoms. The lowest BCUT2D eigenvalue weighted by Crippen LogP contribution is -2.31. The van der Waals surface area contributed by atoms with Gasteiger partial charge in [0.15, 0.2) is 5.69 Å². The molecule has 0 atom stereocenters. The second-order valence-corrected chi connectivity index (χ2v) is 6.03. The maximum Gasteiger partial charge on any atom is 0.273 e. The van der Waals surface area contributed by atoms with E-state index < -0.39 is 0 Å². The van der Waals surface area contributed by atoms with Gasteiger partial charge in [-0.2, -0.15) is 5.10 Å². The van der Waals surface area contributed by atoms with E-state index in [-0.39, 0.29) is 5.91 Å². The summed E-state index contributed by atoms with van der Waals surface area (Å²) in [5.74, 6) is 0.711. The summed E-state index contributed by atoms with van der Waals surface area (Å²) in [4.78, 5) is 12.1. The lowest BCUT2D eigenvalue weighted by atomic mass is 10.0. The van der Waals surface area contributed by atoms with Crippen molar-refractivity contribution in [2.75, 3.05) is 12.3 Å². The molecule has 0 aromatic carbocycles. The molecular weight excluding hydrogens is 240 g/mol. The van der Waals surface area contributed by atoms with Crippen LogP contribution in [0.4, 0.5) is 5.69 Å². The molecule has 3 rings (SSSR count). The third-order valence-electron chi connectivity index (χ3n) is 4.53. The summed E-state index contributed by atoms with van der Waals surface area (Å²) in [6, 6.07) is 0. The molecule has 5 nitrogen and oxygen atoms in total. The van der Waals surface area contributed by atoms with Crippen molar-refractivity contribution in [1.29, 1.82) is 0 Å². The van der Waals surface area contributed by atoms with Gasteiger partial charge in [0.2, 0.25) is 0 Å². The van der Waals surface area contributed by atoms with Crippen LogP contribution < -0.4 is 11.1 Å². The molecule has 0 saturated heterocycles. The van der Waals surface area contributed by atoms with Crippen LogP contribution in [0, 0.1) is 11.3 Å². The van der Waals surface area contributed by atoms with Crippen LogP contribution in [0.3, 0.4) is 0 Å². The van der Waals surface area contributed by atoms with Crippen LogP contribution in [0.25, 0.3) is 0 Å². The number of rotatable bonds is 6. The number of aromatic amines is 1. The third kappa shape index (κ3) is 2.33. The van der Waals surface area contributed by atoms with E-state index in [1.54, 1.807) is 0 Å². The van der Waals surface area contributed by atoms with Crippen LogP contribution in [0.15, 0.2) is 0 Å². The lowest BCUT2D eigenvalue weighted by Gasteiger charge is -2.14. The van der Waals surface area contributed by atoms with Gasteiger partial charge >= 0.3 is 0 Å². The van der Waals surface area contributed by atoms with Crippen molar-refractivity contribution in [3.63, 3.8) is 0 Å². The first kappa shape index (κ1) is 12.5. The molecule has 4 N–H and O–H groups in total. The normalized spacial score (nSPS) is 20.3. The van der Waals surface area contributed by atoms with Gasteiger partial charge in [-0.1, -0.05) is 13.3 Å². The Morgan fingerprint density at radius 2 is 2.26 bits per heavy atom. The van der Waals surface area contributed by atoms with Crippen LogP contribution in [0.2, 0.25) is 0 Å². The van der Waals surface area contributed by atoms with E-state index in [4.69, 9.17) is 5.73 Å². The molecule has 1 amide bonds. The highest BCUT2D eigenvalue weighted by Gasteiger charge is 2.53. The molecule has 2 saturated carbocycles. The van der Waals surface area contributed by atoms with Crippen LogP contribution in [-0.2, 0) is 6.42 Å². The van der Waals surface area contributed by atoms with Crippen LogP contribution >= 0.6 is 0 Å². The molecule has 104 valence electrons. The predicted molar refractivity (Wildman–Crippen MR) is 73.7 cm³/mol. The van der Waals surface area contributed by atoms with Gasteiger partial charge in [0.05, 0.1) is 11.4 Å². The molecule has 2 fully saturated rings. The summed E-state index contributed by atoms with van der Waals surface area (Å²) >= 11 is 0. The second-order valence-electron chi connectivity index (χ2n) is 6.03. The Hall–Kier alpha value is -1.52. The molecular formula is C14H22N4O. The molecule has 0 radical (unpaired) electrons. The van der Waals surface area contributed by atoms with Crippen LogP contribution in [-0.4, -0.2) is 22.6 Å². The van der Waals surface area contributed by atoms with Gasteiger partial charge in [-0.15, -0.1) is 0 Å². The van der Waals surface area contributed by atoms with Gasteiger partial charge < -0.3 is 11.1 Å². The summed E-state index contributed by atoms with van der Waals surface area (Å²) in [5, 5.41) is 9.94. The first-order valence-electron chi connectivity index (χ1n) is 7.27. The Labute approximate surface area is 113 Å². The first-order valence-corrected chi connectivity index (χ1v) is 7.27. The Bertz CT molecular complexity index is 486. The summed E-state index contributed by atoms with van der Waals surface area (Å²) in [7, 11) is 0. The van der Waals surface area contributed by atoms with Crippen molar-refractivity contribution >= 4 is 11.6 Å². The number of hydrogen-bond donors (Lipinski definition) is 3. The average Bonchev–Trinajstić information content (AvgIpc) is 3.27.